The van der Waals surface area contributed by atoms with Crippen LogP contribution in [0, 0.1) is 6.92 Å². The van der Waals surface area contributed by atoms with E-state index in [2.05, 4.69) is 5.32 Å². The number of nitrogens with zero attached hydrogens (tertiary/aromatic N) is 1. The highest BCUT2D eigenvalue weighted by Crippen LogP contribution is 2.32. The lowest BCUT2D eigenvalue weighted by molar-refractivity contribution is -0.120. The highest BCUT2D eigenvalue weighted by Gasteiger charge is 2.29. The molecule has 8 heteroatoms. The molecule has 2 aromatic rings. The van der Waals surface area contributed by atoms with Crippen LogP contribution in [0.2, 0.25) is 0 Å². The van der Waals surface area contributed by atoms with E-state index in [0.29, 0.717) is 31.2 Å². The predicted octanol–water partition coefficient (Wildman–Crippen LogP) is 2.88. The number of carbonyl (C=O) groups is 1. The van der Waals surface area contributed by atoms with Crippen molar-refractivity contribution in [1.29, 1.82) is 0 Å². The summed E-state index contributed by atoms with van der Waals surface area (Å²) in [6.07, 6.45) is 1.83. The molecule has 1 saturated heterocycles. The number of nitrogens with one attached hydrogen (secondary N) is 1. The number of aryl methyl sites for hydroxylation is 1. The van der Waals surface area contributed by atoms with E-state index in [1.807, 2.05) is 13.8 Å². The average Bonchev–Trinajstić information content (AvgIpc) is 3.25. The first kappa shape index (κ1) is 22.1. The minimum atomic E-state index is -3.98. The molecule has 1 N–H and O–H groups in total. The predicted molar refractivity (Wildman–Crippen MR) is 115 cm³/mol. The maximum Gasteiger partial charge on any atom is 0.264 e. The Labute approximate surface area is 178 Å². The van der Waals surface area contributed by atoms with Crippen LogP contribution in [0.3, 0.4) is 0 Å². The van der Waals surface area contributed by atoms with Gasteiger partial charge in [0.05, 0.1) is 23.3 Å². The van der Waals surface area contributed by atoms with Crippen molar-refractivity contribution in [3.63, 3.8) is 0 Å². The maximum absolute atomic E-state index is 13.5. The Morgan fingerprint density at radius 1 is 1.20 bits per heavy atom. The van der Waals surface area contributed by atoms with E-state index >= 15 is 0 Å². The van der Waals surface area contributed by atoms with Crippen LogP contribution >= 0.6 is 0 Å². The fraction of sp³-hybridized carbons (Fsp3) is 0.409. The first-order valence-corrected chi connectivity index (χ1v) is 11.6. The molecule has 0 spiro atoms. The van der Waals surface area contributed by atoms with Crippen LogP contribution in [-0.2, 0) is 19.6 Å². The van der Waals surface area contributed by atoms with E-state index in [1.54, 1.807) is 48.5 Å². The quantitative estimate of drug-likeness (QED) is 0.659. The molecule has 30 heavy (non-hydrogen) atoms. The van der Waals surface area contributed by atoms with E-state index in [1.165, 1.54) is 0 Å². The molecule has 0 aliphatic carbocycles. The first-order chi connectivity index (χ1) is 14.4. The first-order valence-electron chi connectivity index (χ1n) is 10.1. The molecule has 3 rings (SSSR count). The highest BCUT2D eigenvalue weighted by atomic mass is 32.2. The Kier molecular flexibility index (Phi) is 7.33. The number of benzene rings is 2. The number of hydrogen-bond acceptors (Lipinski definition) is 5. The zero-order valence-electron chi connectivity index (χ0n) is 17.3. The number of anilines is 1. The minimum absolute atomic E-state index is 0.0215. The van der Waals surface area contributed by atoms with Crippen LogP contribution in [0.5, 0.6) is 5.75 Å². The second kappa shape index (κ2) is 9.95. The third-order valence-corrected chi connectivity index (χ3v) is 6.65. The second-order valence-corrected chi connectivity index (χ2v) is 9.03. The van der Waals surface area contributed by atoms with Crippen molar-refractivity contribution >= 4 is 21.6 Å². The van der Waals surface area contributed by atoms with E-state index in [0.717, 1.165) is 22.7 Å². The molecule has 2 aromatic carbocycles. The molecule has 1 aliphatic heterocycles. The molecule has 1 atom stereocenters. The number of para-hydroxylation sites is 2. The fourth-order valence-corrected chi connectivity index (χ4v) is 4.73. The van der Waals surface area contributed by atoms with Gasteiger partial charge in [0.15, 0.2) is 0 Å². The van der Waals surface area contributed by atoms with Crippen molar-refractivity contribution in [3.05, 3.63) is 54.1 Å². The molecule has 1 aliphatic rings. The van der Waals surface area contributed by atoms with Gasteiger partial charge in [-0.1, -0.05) is 29.8 Å². The Hall–Kier alpha value is -2.58. The van der Waals surface area contributed by atoms with E-state index in [9.17, 15) is 13.2 Å². The van der Waals surface area contributed by atoms with Gasteiger partial charge in [0, 0.05) is 13.2 Å². The highest BCUT2D eigenvalue weighted by molar-refractivity contribution is 7.92. The standard InChI is InChI=1S/C22H28N2O5S/c1-3-28-21-9-5-4-8-20(21)24(16-22(25)23-15-18-7-6-14-29-18)30(26,27)19-12-10-17(2)11-13-19/h4-5,8-13,18H,3,6-7,14-16H2,1-2H3,(H,23,25). The number of rotatable bonds is 9. The summed E-state index contributed by atoms with van der Waals surface area (Å²) >= 11 is 0. The van der Waals surface area contributed by atoms with Crippen LogP contribution in [0.25, 0.3) is 0 Å². The molecule has 0 radical (unpaired) electrons. The van der Waals surface area contributed by atoms with Gasteiger partial charge >= 0.3 is 0 Å². The van der Waals surface area contributed by atoms with Crippen molar-refractivity contribution in [1.82, 2.24) is 5.32 Å². The number of amides is 1. The molecule has 0 bridgehead atoms. The second-order valence-electron chi connectivity index (χ2n) is 7.16. The normalized spacial score (nSPS) is 16.3. The molecule has 0 aromatic heterocycles. The summed E-state index contributed by atoms with van der Waals surface area (Å²) in [6.45, 7) is 4.79. The van der Waals surface area contributed by atoms with Crippen LogP contribution in [0.4, 0.5) is 5.69 Å². The lowest BCUT2D eigenvalue weighted by Gasteiger charge is -2.26. The van der Waals surface area contributed by atoms with Crippen molar-refractivity contribution in [2.24, 2.45) is 0 Å². The zero-order valence-corrected chi connectivity index (χ0v) is 18.2. The SMILES string of the molecule is CCOc1ccccc1N(CC(=O)NCC1CCCO1)S(=O)(=O)c1ccc(C)cc1. The topological polar surface area (TPSA) is 84.9 Å². The molecule has 7 nitrogen and oxygen atoms in total. The number of hydrogen-bond donors (Lipinski definition) is 1. The average molecular weight is 433 g/mol. The van der Waals surface area contributed by atoms with Crippen LogP contribution < -0.4 is 14.4 Å². The molecule has 1 amide bonds. The van der Waals surface area contributed by atoms with E-state index < -0.39 is 15.9 Å². The third-order valence-electron chi connectivity index (χ3n) is 4.88. The van der Waals surface area contributed by atoms with Gasteiger partial charge in [-0.15, -0.1) is 0 Å². The molecule has 162 valence electrons. The summed E-state index contributed by atoms with van der Waals surface area (Å²) in [4.78, 5) is 12.8. The monoisotopic (exact) mass is 432 g/mol. The van der Waals surface area contributed by atoms with E-state index in [4.69, 9.17) is 9.47 Å². The van der Waals surface area contributed by atoms with Gasteiger partial charge in [-0.2, -0.15) is 0 Å². The Morgan fingerprint density at radius 2 is 1.93 bits per heavy atom. The van der Waals surface area contributed by atoms with Crippen molar-refractivity contribution in [2.45, 2.75) is 37.7 Å². The van der Waals surface area contributed by atoms with E-state index in [-0.39, 0.29) is 17.5 Å². The number of carbonyl (C=O) groups excluding carboxylic acids is 1. The van der Waals surface area contributed by atoms with Gasteiger partial charge in [-0.25, -0.2) is 8.42 Å². The van der Waals surface area contributed by atoms with Gasteiger partial charge in [-0.05, 0) is 51.0 Å². The fourth-order valence-electron chi connectivity index (χ4n) is 3.30. The van der Waals surface area contributed by atoms with Crippen LogP contribution in [-0.4, -0.2) is 46.7 Å². The number of ether oxygens (including phenoxy) is 2. The van der Waals surface area contributed by atoms with Gasteiger partial charge < -0.3 is 14.8 Å². The summed E-state index contributed by atoms with van der Waals surface area (Å²) < 4.78 is 39.2. The van der Waals surface area contributed by atoms with Crippen LogP contribution in [0.15, 0.2) is 53.4 Å². The van der Waals surface area contributed by atoms with Gasteiger partial charge in [0.25, 0.3) is 10.0 Å². The summed E-state index contributed by atoms with van der Waals surface area (Å²) in [7, 11) is -3.98. The van der Waals surface area contributed by atoms with Gasteiger partial charge in [0.1, 0.15) is 12.3 Å². The molecule has 1 unspecified atom stereocenters. The lowest BCUT2D eigenvalue weighted by atomic mass is 10.2. The largest absolute Gasteiger partial charge is 0.492 e. The Balaban J connectivity index is 1.90. The Morgan fingerprint density at radius 3 is 2.60 bits per heavy atom. The Bertz CT molecular complexity index is 954. The molecule has 1 fully saturated rings. The third kappa shape index (κ3) is 5.31. The smallest absolute Gasteiger partial charge is 0.264 e. The summed E-state index contributed by atoms with van der Waals surface area (Å²) in [5, 5.41) is 2.80. The lowest BCUT2D eigenvalue weighted by Crippen LogP contribution is -2.43. The number of sulfonamides is 1. The van der Waals surface area contributed by atoms with Crippen molar-refractivity contribution < 1.29 is 22.7 Å². The summed E-state index contributed by atoms with van der Waals surface area (Å²) in [6, 6.07) is 13.4. The minimum Gasteiger partial charge on any atom is -0.492 e. The van der Waals surface area contributed by atoms with Gasteiger partial charge in [0.2, 0.25) is 5.91 Å². The summed E-state index contributed by atoms with van der Waals surface area (Å²) in [5.74, 6) is 0.00935. The van der Waals surface area contributed by atoms with Crippen LogP contribution in [0.1, 0.15) is 25.3 Å². The molecular formula is C22H28N2O5S. The molecule has 0 saturated carbocycles. The van der Waals surface area contributed by atoms with Crippen molar-refractivity contribution in [2.75, 3.05) is 30.6 Å². The van der Waals surface area contributed by atoms with Crippen molar-refractivity contribution in [3.8, 4) is 5.75 Å². The van der Waals surface area contributed by atoms with Gasteiger partial charge in [-0.3, -0.25) is 9.10 Å². The maximum atomic E-state index is 13.5. The molecular weight excluding hydrogens is 404 g/mol. The molecule has 1 heterocycles. The summed E-state index contributed by atoms with van der Waals surface area (Å²) in [5.41, 5.74) is 1.27. The zero-order chi connectivity index (χ0) is 21.6.